The minimum Gasteiger partial charge on any atom is -0.496 e. The fourth-order valence-electron chi connectivity index (χ4n) is 4.58. The maximum Gasteiger partial charge on any atom is 0.258 e. The van der Waals surface area contributed by atoms with Crippen molar-refractivity contribution in [3.63, 3.8) is 0 Å². The topological polar surface area (TPSA) is 85.4 Å². The standard InChI is InChI=1S/C27H23N5O3/c1-34-25-13-12-18(15-19(25)16-32-24-11-5-4-10-23(24)29-30-32)26-28-22-9-3-2-8-21(22)27(33)31(26)17-20-7-6-14-35-20/h2-15,26,28H,16-17H2,1H3/t26-/m0/s1. The molecule has 1 aliphatic rings. The number of ether oxygens (including phenoxy) is 1. The first-order valence-electron chi connectivity index (χ1n) is 11.4. The number of furan rings is 1. The molecule has 6 rings (SSSR count). The van der Waals surface area contributed by atoms with E-state index in [4.69, 9.17) is 9.15 Å². The minimum atomic E-state index is -0.389. The molecule has 8 heteroatoms. The first-order valence-corrected chi connectivity index (χ1v) is 11.4. The highest BCUT2D eigenvalue weighted by molar-refractivity contribution is 6.01. The third-order valence-electron chi connectivity index (χ3n) is 6.29. The third kappa shape index (κ3) is 3.78. The van der Waals surface area contributed by atoms with E-state index in [0.29, 0.717) is 24.4 Å². The number of fused-ring (bicyclic) bond motifs is 2. The van der Waals surface area contributed by atoms with Crippen LogP contribution in [0.4, 0.5) is 5.69 Å². The van der Waals surface area contributed by atoms with Crippen molar-refractivity contribution in [2.45, 2.75) is 19.3 Å². The van der Waals surface area contributed by atoms with E-state index >= 15 is 0 Å². The largest absolute Gasteiger partial charge is 0.496 e. The average molecular weight is 466 g/mol. The number of rotatable bonds is 6. The Kier molecular flexibility index (Phi) is 5.18. The van der Waals surface area contributed by atoms with Crippen LogP contribution in [0.15, 0.2) is 89.5 Å². The van der Waals surface area contributed by atoms with E-state index in [2.05, 4.69) is 21.7 Å². The fourth-order valence-corrected chi connectivity index (χ4v) is 4.58. The van der Waals surface area contributed by atoms with Gasteiger partial charge in [-0.05, 0) is 54.1 Å². The summed E-state index contributed by atoms with van der Waals surface area (Å²) in [5.74, 6) is 1.40. The quantitative estimate of drug-likeness (QED) is 0.386. The van der Waals surface area contributed by atoms with Crippen molar-refractivity contribution >= 4 is 22.6 Å². The van der Waals surface area contributed by atoms with Crippen molar-refractivity contribution in [3.8, 4) is 5.75 Å². The van der Waals surface area contributed by atoms with Crippen LogP contribution in [0.2, 0.25) is 0 Å². The van der Waals surface area contributed by atoms with Gasteiger partial charge in [0.15, 0.2) is 0 Å². The predicted octanol–water partition coefficient (Wildman–Crippen LogP) is 4.85. The molecule has 0 aliphatic carbocycles. The van der Waals surface area contributed by atoms with Crippen LogP contribution in [-0.2, 0) is 13.1 Å². The lowest BCUT2D eigenvalue weighted by molar-refractivity contribution is 0.0651. The molecule has 35 heavy (non-hydrogen) atoms. The maximum absolute atomic E-state index is 13.5. The SMILES string of the molecule is COc1ccc([C@H]2Nc3ccccc3C(=O)N2Cc2ccco2)cc1Cn1nnc2ccccc21. The molecule has 0 saturated carbocycles. The highest BCUT2D eigenvalue weighted by Crippen LogP contribution is 2.36. The Bertz CT molecular complexity index is 1510. The van der Waals surface area contributed by atoms with Gasteiger partial charge in [-0.1, -0.05) is 35.5 Å². The summed E-state index contributed by atoms with van der Waals surface area (Å²) in [5.41, 5.74) is 5.09. The molecule has 0 bridgehead atoms. The molecular weight excluding hydrogens is 442 g/mol. The molecule has 0 radical (unpaired) electrons. The van der Waals surface area contributed by atoms with Gasteiger partial charge in [-0.15, -0.1) is 5.10 Å². The molecule has 1 amide bonds. The number of methoxy groups -OCH3 is 1. The minimum absolute atomic E-state index is 0.0552. The number of aromatic nitrogens is 3. The van der Waals surface area contributed by atoms with Gasteiger partial charge in [0.1, 0.15) is 23.2 Å². The average Bonchev–Trinajstić information content (AvgIpc) is 3.56. The summed E-state index contributed by atoms with van der Waals surface area (Å²) in [5, 5.41) is 12.1. The maximum atomic E-state index is 13.5. The lowest BCUT2D eigenvalue weighted by atomic mass is 10.0. The van der Waals surface area contributed by atoms with Crippen LogP contribution in [-0.4, -0.2) is 32.9 Å². The molecule has 1 N–H and O–H groups in total. The van der Waals surface area contributed by atoms with Crippen LogP contribution < -0.4 is 10.1 Å². The Morgan fingerprint density at radius 3 is 2.71 bits per heavy atom. The van der Waals surface area contributed by atoms with Crippen LogP contribution in [0, 0.1) is 0 Å². The van der Waals surface area contributed by atoms with Crippen LogP contribution in [0.25, 0.3) is 11.0 Å². The van der Waals surface area contributed by atoms with Crippen molar-refractivity contribution < 1.29 is 13.9 Å². The van der Waals surface area contributed by atoms with Crippen LogP contribution >= 0.6 is 0 Å². The van der Waals surface area contributed by atoms with Gasteiger partial charge in [0.25, 0.3) is 5.91 Å². The second-order valence-corrected chi connectivity index (χ2v) is 8.41. The van der Waals surface area contributed by atoms with E-state index in [0.717, 1.165) is 33.6 Å². The normalized spacial score (nSPS) is 15.2. The summed E-state index contributed by atoms with van der Waals surface area (Å²) >= 11 is 0. The van der Waals surface area contributed by atoms with E-state index in [1.54, 1.807) is 18.3 Å². The molecule has 3 heterocycles. The summed E-state index contributed by atoms with van der Waals surface area (Å²) < 4.78 is 13.1. The van der Waals surface area contributed by atoms with Gasteiger partial charge in [0, 0.05) is 11.3 Å². The van der Waals surface area contributed by atoms with Gasteiger partial charge in [0.05, 0.1) is 37.5 Å². The van der Waals surface area contributed by atoms with Gasteiger partial charge >= 0.3 is 0 Å². The molecule has 3 aromatic carbocycles. The molecule has 8 nitrogen and oxygen atoms in total. The molecule has 5 aromatic rings. The molecule has 2 aromatic heterocycles. The van der Waals surface area contributed by atoms with Crippen LogP contribution in [0.1, 0.15) is 33.4 Å². The molecular formula is C27H23N5O3. The molecule has 174 valence electrons. The van der Waals surface area contributed by atoms with Crippen molar-refractivity contribution in [1.29, 1.82) is 0 Å². The summed E-state index contributed by atoms with van der Waals surface area (Å²) in [7, 11) is 1.65. The Hall–Kier alpha value is -4.59. The number of hydrogen-bond donors (Lipinski definition) is 1. The Morgan fingerprint density at radius 2 is 1.86 bits per heavy atom. The fraction of sp³-hybridized carbons (Fsp3) is 0.148. The number of carbonyl (C=O) groups is 1. The molecule has 0 fully saturated rings. The van der Waals surface area contributed by atoms with Crippen LogP contribution in [0.3, 0.4) is 0 Å². The highest BCUT2D eigenvalue weighted by atomic mass is 16.5. The number of nitrogens with one attached hydrogen (secondary N) is 1. The summed E-state index contributed by atoms with van der Waals surface area (Å²) in [6, 6.07) is 25.1. The van der Waals surface area contributed by atoms with Crippen LogP contribution in [0.5, 0.6) is 5.75 Å². The molecule has 0 unspecified atom stereocenters. The lowest BCUT2D eigenvalue weighted by Gasteiger charge is -2.38. The number of para-hydroxylation sites is 2. The van der Waals surface area contributed by atoms with Crippen molar-refractivity contribution in [2.75, 3.05) is 12.4 Å². The van der Waals surface area contributed by atoms with E-state index in [1.165, 1.54) is 0 Å². The number of hydrogen-bond acceptors (Lipinski definition) is 6. The predicted molar refractivity (Wildman–Crippen MR) is 131 cm³/mol. The molecule has 1 aliphatic heterocycles. The number of anilines is 1. The van der Waals surface area contributed by atoms with E-state index in [1.807, 2.05) is 77.5 Å². The van der Waals surface area contributed by atoms with E-state index < -0.39 is 0 Å². The Morgan fingerprint density at radius 1 is 1.00 bits per heavy atom. The summed E-state index contributed by atoms with van der Waals surface area (Å²) in [6.07, 6.45) is 1.23. The zero-order valence-corrected chi connectivity index (χ0v) is 19.1. The summed E-state index contributed by atoms with van der Waals surface area (Å²) in [4.78, 5) is 15.3. The van der Waals surface area contributed by atoms with Gasteiger partial charge in [-0.2, -0.15) is 0 Å². The van der Waals surface area contributed by atoms with E-state index in [-0.39, 0.29) is 12.1 Å². The molecule has 0 saturated heterocycles. The van der Waals surface area contributed by atoms with Crippen molar-refractivity contribution in [3.05, 3.63) is 108 Å². The zero-order valence-electron chi connectivity index (χ0n) is 19.1. The molecule has 0 spiro atoms. The second kappa shape index (κ2) is 8.64. The summed E-state index contributed by atoms with van der Waals surface area (Å²) in [6.45, 7) is 0.819. The van der Waals surface area contributed by atoms with E-state index in [9.17, 15) is 4.79 Å². The van der Waals surface area contributed by atoms with Gasteiger partial charge in [-0.25, -0.2) is 4.68 Å². The van der Waals surface area contributed by atoms with Gasteiger partial charge < -0.3 is 19.4 Å². The smallest absolute Gasteiger partial charge is 0.258 e. The monoisotopic (exact) mass is 465 g/mol. The van der Waals surface area contributed by atoms with Crippen molar-refractivity contribution in [1.82, 2.24) is 19.9 Å². The second-order valence-electron chi connectivity index (χ2n) is 8.41. The Labute approximate surface area is 201 Å². The van der Waals surface area contributed by atoms with Gasteiger partial charge in [-0.3, -0.25) is 4.79 Å². The van der Waals surface area contributed by atoms with Gasteiger partial charge in [0.2, 0.25) is 0 Å². The lowest BCUT2D eigenvalue weighted by Crippen LogP contribution is -2.42. The first-order chi connectivity index (χ1) is 17.2. The highest BCUT2D eigenvalue weighted by Gasteiger charge is 2.33. The number of amides is 1. The number of carbonyl (C=O) groups excluding carboxylic acids is 1. The zero-order chi connectivity index (χ0) is 23.8. The first kappa shape index (κ1) is 21.0. The number of nitrogens with zero attached hydrogens (tertiary/aromatic N) is 4. The Balaban J connectivity index is 1.40. The van der Waals surface area contributed by atoms with Crippen molar-refractivity contribution in [2.24, 2.45) is 0 Å². The third-order valence-corrected chi connectivity index (χ3v) is 6.29. The number of benzene rings is 3. The molecule has 1 atom stereocenters.